The van der Waals surface area contributed by atoms with Gasteiger partial charge >= 0.3 is 12.8 Å². The lowest BCUT2D eigenvalue weighted by Gasteiger charge is -2.38. The number of rotatable bonds is 7. The zero-order valence-electron chi connectivity index (χ0n) is 15.8. The Labute approximate surface area is 168 Å². The summed E-state index contributed by atoms with van der Waals surface area (Å²) in [4.78, 5) is 14.4. The fourth-order valence-corrected chi connectivity index (χ4v) is 3.05. The highest BCUT2D eigenvalue weighted by molar-refractivity contribution is 5.95. The lowest BCUT2D eigenvalue weighted by atomic mass is 10.0. The molecule has 1 fully saturated rings. The molecule has 0 aromatic heterocycles. The van der Waals surface area contributed by atoms with Gasteiger partial charge in [-0.15, -0.1) is 0 Å². The number of halogens is 5. The molecule has 2 aromatic rings. The van der Waals surface area contributed by atoms with Crippen LogP contribution < -0.4 is 9.47 Å². The van der Waals surface area contributed by atoms with Crippen molar-refractivity contribution in [2.75, 3.05) is 20.3 Å². The van der Waals surface area contributed by atoms with Gasteiger partial charge in [0.25, 0.3) is 5.91 Å². The van der Waals surface area contributed by atoms with Gasteiger partial charge in [0, 0.05) is 12.1 Å². The van der Waals surface area contributed by atoms with E-state index in [4.69, 9.17) is 9.47 Å². The molecule has 1 amide bonds. The number of hydrogen-bond donors (Lipinski definition) is 0. The molecule has 30 heavy (non-hydrogen) atoms. The third-order valence-electron chi connectivity index (χ3n) is 4.61. The maximum absolute atomic E-state index is 13.3. The molecule has 10 heteroatoms. The summed E-state index contributed by atoms with van der Waals surface area (Å²) >= 11 is 0. The summed E-state index contributed by atoms with van der Waals surface area (Å²) < 4.78 is 79.5. The van der Waals surface area contributed by atoms with Gasteiger partial charge in [-0.1, -0.05) is 18.2 Å². The van der Waals surface area contributed by atoms with E-state index in [1.165, 1.54) is 42.3 Å². The molecule has 0 N–H and O–H groups in total. The Balaban J connectivity index is 1.91. The van der Waals surface area contributed by atoms with Gasteiger partial charge in [0.05, 0.1) is 31.9 Å². The predicted octanol–water partition coefficient (Wildman–Crippen LogP) is 4.36. The fourth-order valence-electron chi connectivity index (χ4n) is 3.05. The van der Waals surface area contributed by atoms with Crippen molar-refractivity contribution in [1.29, 1.82) is 0 Å². The number of ether oxygens (including phenoxy) is 3. The first-order valence-corrected chi connectivity index (χ1v) is 8.87. The van der Waals surface area contributed by atoms with Gasteiger partial charge in [-0.25, -0.2) is 0 Å². The molecule has 1 aliphatic rings. The summed E-state index contributed by atoms with van der Waals surface area (Å²) in [5, 5.41) is 0. The lowest BCUT2D eigenvalue weighted by Crippen LogP contribution is -2.51. The summed E-state index contributed by atoms with van der Waals surface area (Å²) in [6, 6.07) is 8.20. The monoisotopic (exact) mass is 431 g/mol. The van der Waals surface area contributed by atoms with E-state index >= 15 is 0 Å². The van der Waals surface area contributed by atoms with Crippen LogP contribution in [0.3, 0.4) is 0 Å². The van der Waals surface area contributed by atoms with Gasteiger partial charge in [0.15, 0.2) is 11.5 Å². The highest BCUT2D eigenvalue weighted by Crippen LogP contribution is 2.34. The molecule has 0 unspecified atom stereocenters. The minimum Gasteiger partial charge on any atom is -0.493 e. The van der Waals surface area contributed by atoms with Crippen molar-refractivity contribution in [1.82, 2.24) is 4.90 Å². The Hall–Kier alpha value is -2.88. The number of benzene rings is 2. The topological polar surface area (TPSA) is 48.0 Å². The average Bonchev–Trinajstić information content (AvgIpc) is 2.65. The normalized spacial score (nSPS) is 14.4. The average molecular weight is 431 g/mol. The van der Waals surface area contributed by atoms with Crippen LogP contribution in [0.25, 0.3) is 0 Å². The largest absolute Gasteiger partial charge is 0.493 e. The lowest BCUT2D eigenvalue weighted by molar-refractivity contribution is -0.138. The predicted molar refractivity (Wildman–Crippen MR) is 95.6 cm³/mol. The first-order chi connectivity index (χ1) is 14.2. The molecular weight excluding hydrogens is 413 g/mol. The van der Waals surface area contributed by atoms with E-state index in [0.717, 1.165) is 12.1 Å². The third-order valence-corrected chi connectivity index (χ3v) is 4.61. The molecule has 5 nitrogen and oxygen atoms in total. The first kappa shape index (κ1) is 21.8. The van der Waals surface area contributed by atoms with E-state index in [1.54, 1.807) is 0 Å². The van der Waals surface area contributed by atoms with Crippen LogP contribution in [0, 0.1) is 0 Å². The number of methoxy groups -OCH3 is 1. The molecule has 3 rings (SSSR count). The number of carbonyl (C=O) groups is 1. The van der Waals surface area contributed by atoms with Crippen LogP contribution in [-0.4, -0.2) is 43.8 Å². The van der Waals surface area contributed by atoms with E-state index in [9.17, 15) is 26.7 Å². The molecule has 0 radical (unpaired) electrons. The van der Waals surface area contributed by atoms with Crippen LogP contribution in [0.2, 0.25) is 0 Å². The molecule has 0 atom stereocenters. The first-order valence-electron chi connectivity index (χ1n) is 8.87. The van der Waals surface area contributed by atoms with Gasteiger partial charge in [0.1, 0.15) is 0 Å². The number of carbonyl (C=O) groups excluding carboxylic acids is 1. The molecule has 162 valence electrons. The van der Waals surface area contributed by atoms with Crippen molar-refractivity contribution in [3.63, 3.8) is 0 Å². The maximum Gasteiger partial charge on any atom is 0.416 e. The van der Waals surface area contributed by atoms with Crippen LogP contribution in [0.1, 0.15) is 21.5 Å². The van der Waals surface area contributed by atoms with Crippen molar-refractivity contribution in [3.8, 4) is 11.5 Å². The molecule has 1 aliphatic heterocycles. The summed E-state index contributed by atoms with van der Waals surface area (Å²) in [6.07, 6.45) is -4.57. The molecule has 1 heterocycles. The second-order valence-corrected chi connectivity index (χ2v) is 6.52. The quantitative estimate of drug-likeness (QED) is 0.612. The summed E-state index contributed by atoms with van der Waals surface area (Å²) in [6.45, 7) is -3.00. The Morgan fingerprint density at radius 3 is 2.43 bits per heavy atom. The Morgan fingerprint density at radius 1 is 1.17 bits per heavy atom. The van der Waals surface area contributed by atoms with Crippen LogP contribution >= 0.6 is 0 Å². The number of hydrogen-bond acceptors (Lipinski definition) is 4. The minimum absolute atomic E-state index is 0.0601. The van der Waals surface area contributed by atoms with Crippen molar-refractivity contribution in [2.45, 2.75) is 25.4 Å². The summed E-state index contributed by atoms with van der Waals surface area (Å²) in [5.74, 6) is -0.936. The van der Waals surface area contributed by atoms with Gasteiger partial charge in [-0.2, -0.15) is 22.0 Å². The van der Waals surface area contributed by atoms with Crippen LogP contribution in [-0.2, 0) is 17.5 Å². The molecular formula is C20H18F5NO4. The van der Waals surface area contributed by atoms with Crippen molar-refractivity contribution < 1.29 is 41.0 Å². The van der Waals surface area contributed by atoms with E-state index < -0.39 is 30.3 Å². The van der Waals surface area contributed by atoms with Crippen molar-refractivity contribution in [2.24, 2.45) is 0 Å². The standard InChI is InChI=1S/C20H18F5NO4/c1-28-17-8-12(6-7-16(17)30-19(21)22)18(27)26(14-10-29-11-14)9-13-4-2-3-5-15(13)20(23,24)25/h2-8,14,19H,9-11H2,1H3. The van der Waals surface area contributed by atoms with E-state index in [-0.39, 0.29) is 42.4 Å². The van der Waals surface area contributed by atoms with Crippen molar-refractivity contribution >= 4 is 5.91 Å². The number of alkyl halides is 5. The van der Waals surface area contributed by atoms with Gasteiger partial charge in [0.2, 0.25) is 0 Å². The molecule has 0 saturated carbocycles. The van der Waals surface area contributed by atoms with Crippen LogP contribution in [0.5, 0.6) is 11.5 Å². The molecule has 0 aliphatic carbocycles. The summed E-state index contributed by atoms with van der Waals surface area (Å²) in [5.41, 5.74) is -0.832. The second-order valence-electron chi connectivity index (χ2n) is 6.52. The Kier molecular flexibility index (Phi) is 6.45. The third kappa shape index (κ3) is 4.81. The van der Waals surface area contributed by atoms with Gasteiger partial charge in [-0.3, -0.25) is 4.79 Å². The van der Waals surface area contributed by atoms with Crippen LogP contribution in [0.4, 0.5) is 22.0 Å². The highest BCUT2D eigenvalue weighted by Gasteiger charge is 2.36. The number of amides is 1. The highest BCUT2D eigenvalue weighted by atomic mass is 19.4. The van der Waals surface area contributed by atoms with Crippen LogP contribution in [0.15, 0.2) is 42.5 Å². The van der Waals surface area contributed by atoms with Gasteiger partial charge in [-0.05, 0) is 29.8 Å². The molecule has 0 bridgehead atoms. The van der Waals surface area contributed by atoms with E-state index in [0.29, 0.717) is 0 Å². The zero-order chi connectivity index (χ0) is 21.9. The summed E-state index contributed by atoms with van der Waals surface area (Å²) in [7, 11) is 1.22. The Morgan fingerprint density at radius 2 is 1.87 bits per heavy atom. The molecule has 1 saturated heterocycles. The van der Waals surface area contributed by atoms with E-state index in [1.807, 2.05) is 0 Å². The molecule has 0 spiro atoms. The smallest absolute Gasteiger partial charge is 0.416 e. The second kappa shape index (κ2) is 8.86. The van der Waals surface area contributed by atoms with E-state index in [2.05, 4.69) is 4.74 Å². The van der Waals surface area contributed by atoms with Crippen molar-refractivity contribution in [3.05, 3.63) is 59.2 Å². The number of nitrogens with zero attached hydrogens (tertiary/aromatic N) is 1. The minimum atomic E-state index is -4.57. The zero-order valence-corrected chi connectivity index (χ0v) is 15.8. The maximum atomic E-state index is 13.3. The SMILES string of the molecule is COc1cc(C(=O)N(Cc2ccccc2C(F)(F)F)C2COC2)ccc1OC(F)F. The van der Waals surface area contributed by atoms with Gasteiger partial charge < -0.3 is 19.1 Å². The Bertz CT molecular complexity index is 899. The molecule has 2 aromatic carbocycles. The fraction of sp³-hybridized carbons (Fsp3) is 0.350.